The third-order valence-electron chi connectivity index (χ3n) is 7.33. The summed E-state index contributed by atoms with van der Waals surface area (Å²) in [6.45, 7) is 1.49. The SMILES string of the molecule is CN(C)c1nnc(N(C)CCc2cccc3c2OC(c2ccc4c(c2CCNc2nnc(N(C)C)n2C)OCO4)O3)[nH]1. The number of ether oxygens (including phenoxy) is 4. The summed E-state index contributed by atoms with van der Waals surface area (Å²) >= 11 is 0. The summed E-state index contributed by atoms with van der Waals surface area (Å²) in [5.41, 5.74) is 2.91. The summed E-state index contributed by atoms with van der Waals surface area (Å²) in [5.74, 6) is 5.76. The van der Waals surface area contributed by atoms with Crippen molar-refractivity contribution in [2.45, 2.75) is 19.1 Å². The first-order valence-electron chi connectivity index (χ1n) is 13.8. The van der Waals surface area contributed by atoms with Gasteiger partial charge < -0.3 is 39.0 Å². The van der Waals surface area contributed by atoms with Crippen molar-refractivity contribution < 1.29 is 18.9 Å². The molecule has 4 aromatic rings. The average Bonchev–Trinajstić information content (AvgIpc) is 3.77. The maximum atomic E-state index is 6.48. The summed E-state index contributed by atoms with van der Waals surface area (Å²) in [6, 6.07) is 9.90. The minimum atomic E-state index is -0.615. The first-order valence-corrected chi connectivity index (χ1v) is 13.8. The Morgan fingerprint density at radius 3 is 2.48 bits per heavy atom. The largest absolute Gasteiger partial charge is 0.454 e. The molecule has 6 rings (SSSR count). The molecule has 0 saturated heterocycles. The Kier molecular flexibility index (Phi) is 7.27. The van der Waals surface area contributed by atoms with Crippen LogP contribution in [0, 0.1) is 0 Å². The van der Waals surface area contributed by atoms with E-state index in [1.807, 2.05) is 85.8 Å². The minimum Gasteiger partial charge on any atom is -0.454 e. The topological polar surface area (TPSA) is 131 Å². The van der Waals surface area contributed by atoms with E-state index in [4.69, 9.17) is 18.9 Å². The van der Waals surface area contributed by atoms with Gasteiger partial charge in [-0.1, -0.05) is 12.1 Å². The van der Waals surface area contributed by atoms with Crippen LogP contribution in [-0.2, 0) is 19.9 Å². The quantitative estimate of drug-likeness (QED) is 0.272. The van der Waals surface area contributed by atoms with Crippen molar-refractivity contribution in [1.29, 1.82) is 0 Å². The molecule has 14 heteroatoms. The second-order valence-corrected chi connectivity index (χ2v) is 10.7. The molecule has 42 heavy (non-hydrogen) atoms. The van der Waals surface area contributed by atoms with Crippen molar-refractivity contribution in [2.24, 2.45) is 7.05 Å². The van der Waals surface area contributed by atoms with Gasteiger partial charge in [-0.3, -0.25) is 9.55 Å². The van der Waals surface area contributed by atoms with Gasteiger partial charge in [0.1, 0.15) is 0 Å². The van der Waals surface area contributed by atoms with Crippen molar-refractivity contribution in [1.82, 2.24) is 29.9 Å². The van der Waals surface area contributed by atoms with E-state index in [9.17, 15) is 0 Å². The highest BCUT2D eigenvalue weighted by atomic mass is 16.7. The first kappa shape index (κ1) is 27.3. The Morgan fingerprint density at radius 2 is 1.71 bits per heavy atom. The molecule has 0 amide bonds. The molecule has 2 N–H and O–H groups in total. The van der Waals surface area contributed by atoms with Gasteiger partial charge in [-0.2, -0.15) is 0 Å². The van der Waals surface area contributed by atoms with E-state index in [2.05, 4.69) is 36.8 Å². The predicted molar refractivity (Wildman–Crippen MR) is 158 cm³/mol. The smallest absolute Gasteiger partial charge is 0.268 e. The normalized spacial score (nSPS) is 14.8. The number of likely N-dealkylation sites (N-methyl/N-ethyl adjacent to an activating group) is 1. The molecule has 2 aliphatic heterocycles. The number of benzene rings is 2. The Morgan fingerprint density at radius 1 is 0.881 bits per heavy atom. The van der Waals surface area contributed by atoms with E-state index < -0.39 is 6.29 Å². The van der Waals surface area contributed by atoms with E-state index in [0.29, 0.717) is 48.9 Å². The van der Waals surface area contributed by atoms with E-state index >= 15 is 0 Å². The van der Waals surface area contributed by atoms with Gasteiger partial charge in [-0.25, -0.2) is 0 Å². The lowest BCUT2D eigenvalue weighted by atomic mass is 10.0. The van der Waals surface area contributed by atoms with Crippen LogP contribution in [0.3, 0.4) is 0 Å². The Hall–Kier alpha value is -4.88. The van der Waals surface area contributed by atoms with Gasteiger partial charge in [0, 0.05) is 66.5 Å². The number of aromatic amines is 1. The third kappa shape index (κ3) is 5.15. The fourth-order valence-corrected chi connectivity index (χ4v) is 5.06. The molecule has 4 heterocycles. The number of hydrogen-bond acceptors (Lipinski definition) is 12. The highest BCUT2D eigenvalue weighted by molar-refractivity contribution is 5.55. The van der Waals surface area contributed by atoms with Crippen LogP contribution in [0.15, 0.2) is 30.3 Å². The average molecular weight is 577 g/mol. The molecule has 0 spiro atoms. The lowest BCUT2D eigenvalue weighted by molar-refractivity contribution is 0.0472. The van der Waals surface area contributed by atoms with E-state index in [0.717, 1.165) is 40.6 Å². The maximum absolute atomic E-state index is 6.48. The number of anilines is 4. The predicted octanol–water partition coefficient (Wildman–Crippen LogP) is 2.60. The number of nitrogens with one attached hydrogen (secondary N) is 2. The summed E-state index contributed by atoms with van der Waals surface area (Å²) < 4.78 is 26.3. The molecular weight excluding hydrogens is 540 g/mol. The monoisotopic (exact) mass is 576 g/mol. The van der Waals surface area contributed by atoms with Crippen LogP contribution >= 0.6 is 0 Å². The molecule has 0 fully saturated rings. The molecular formula is C28H36N10O4. The van der Waals surface area contributed by atoms with E-state index in [-0.39, 0.29) is 6.79 Å². The summed E-state index contributed by atoms with van der Waals surface area (Å²) in [6.07, 6.45) is 0.753. The highest BCUT2D eigenvalue weighted by Crippen LogP contribution is 2.47. The first-order chi connectivity index (χ1) is 20.3. The lowest BCUT2D eigenvalue weighted by Crippen LogP contribution is -2.22. The van der Waals surface area contributed by atoms with E-state index in [1.54, 1.807) is 0 Å². The van der Waals surface area contributed by atoms with Gasteiger partial charge in [-0.05, 0) is 36.6 Å². The van der Waals surface area contributed by atoms with Crippen LogP contribution < -0.4 is 39.0 Å². The van der Waals surface area contributed by atoms with Crippen LogP contribution in [0.4, 0.5) is 23.8 Å². The van der Waals surface area contributed by atoms with Gasteiger partial charge in [-0.15, -0.1) is 20.4 Å². The van der Waals surface area contributed by atoms with E-state index in [1.165, 1.54) is 0 Å². The lowest BCUT2D eigenvalue weighted by Gasteiger charge is -2.18. The number of hydrogen-bond donors (Lipinski definition) is 2. The molecule has 0 bridgehead atoms. The molecule has 0 saturated carbocycles. The standard InChI is InChI=1S/C28H36N10O4/c1-35(2)26-30-27(33-32-26)37(5)15-13-17-8-7-9-21-22(17)42-24(41-21)19-10-11-20-23(40-16-39-20)18(19)12-14-29-25-31-34-28(36(3)4)38(25)6/h7-11,24H,12-16H2,1-6H3,(H,29,31)(H,30,32,33). The van der Waals surface area contributed by atoms with Crippen LogP contribution in [-0.4, -0.2) is 85.1 Å². The van der Waals surface area contributed by atoms with Crippen molar-refractivity contribution in [3.8, 4) is 23.0 Å². The fourth-order valence-electron chi connectivity index (χ4n) is 5.06. The van der Waals surface area contributed by atoms with Gasteiger partial charge in [0.05, 0.1) is 0 Å². The fraction of sp³-hybridized carbons (Fsp3) is 0.429. The second-order valence-electron chi connectivity index (χ2n) is 10.7. The molecule has 2 aromatic carbocycles. The molecule has 1 atom stereocenters. The molecule has 2 aliphatic rings. The van der Waals surface area contributed by atoms with Crippen LogP contribution in [0.5, 0.6) is 23.0 Å². The highest BCUT2D eigenvalue weighted by Gasteiger charge is 2.33. The van der Waals surface area contributed by atoms with Crippen molar-refractivity contribution in [3.05, 3.63) is 47.0 Å². The number of aromatic nitrogens is 6. The number of H-pyrrole nitrogens is 1. The Balaban J connectivity index is 1.17. The number of rotatable bonds is 11. The molecule has 222 valence electrons. The number of fused-ring (bicyclic) bond motifs is 2. The van der Waals surface area contributed by atoms with Gasteiger partial charge in [0.2, 0.25) is 30.6 Å². The van der Waals surface area contributed by atoms with Crippen molar-refractivity contribution >= 4 is 23.8 Å². The molecule has 0 aliphatic carbocycles. The Bertz CT molecular complexity index is 1570. The van der Waals surface area contributed by atoms with Crippen LogP contribution in [0.25, 0.3) is 0 Å². The summed E-state index contributed by atoms with van der Waals surface area (Å²) in [7, 11) is 11.6. The maximum Gasteiger partial charge on any atom is 0.268 e. The van der Waals surface area contributed by atoms with Gasteiger partial charge in [0.15, 0.2) is 23.0 Å². The zero-order valence-corrected chi connectivity index (χ0v) is 24.7. The molecule has 0 radical (unpaired) electrons. The Labute approximate surface area is 244 Å². The van der Waals surface area contributed by atoms with Crippen molar-refractivity contribution in [3.63, 3.8) is 0 Å². The second kappa shape index (κ2) is 11.2. The van der Waals surface area contributed by atoms with Gasteiger partial charge >= 0.3 is 0 Å². The summed E-state index contributed by atoms with van der Waals surface area (Å²) in [4.78, 5) is 9.07. The number of para-hydroxylation sites is 1. The zero-order chi connectivity index (χ0) is 29.4. The van der Waals surface area contributed by atoms with Crippen molar-refractivity contribution in [2.75, 3.05) is 75.1 Å². The molecule has 14 nitrogen and oxygen atoms in total. The molecule has 2 aromatic heterocycles. The minimum absolute atomic E-state index is 0.181. The van der Waals surface area contributed by atoms with Gasteiger partial charge in [0.25, 0.3) is 6.29 Å². The zero-order valence-electron chi connectivity index (χ0n) is 24.7. The van der Waals surface area contributed by atoms with Crippen LogP contribution in [0.2, 0.25) is 0 Å². The number of nitrogens with zero attached hydrogens (tertiary/aromatic N) is 8. The third-order valence-corrected chi connectivity index (χ3v) is 7.33. The molecule has 1 unspecified atom stereocenters. The summed E-state index contributed by atoms with van der Waals surface area (Å²) in [5, 5.41) is 20.3. The van der Waals surface area contributed by atoms with Crippen LogP contribution in [0.1, 0.15) is 23.0 Å².